The molecule has 2 aromatic rings. The van der Waals surface area contributed by atoms with E-state index in [4.69, 9.17) is 18.9 Å². The molecule has 0 spiro atoms. The molecule has 1 aliphatic heterocycles. The molecular formula is C26H35NO5. The van der Waals surface area contributed by atoms with Gasteiger partial charge in [0.15, 0.2) is 11.5 Å². The molecule has 0 fully saturated rings. The highest BCUT2D eigenvalue weighted by Crippen LogP contribution is 2.39. The molecule has 2 aromatic carbocycles. The Balaban J connectivity index is 1.87. The topological polar surface area (TPSA) is 57.2 Å². The molecule has 0 saturated carbocycles. The predicted molar refractivity (Wildman–Crippen MR) is 125 cm³/mol. The first kappa shape index (κ1) is 23.8. The van der Waals surface area contributed by atoms with Crippen molar-refractivity contribution in [1.29, 1.82) is 0 Å². The molecule has 0 bridgehead atoms. The van der Waals surface area contributed by atoms with Gasteiger partial charge in [0.1, 0.15) is 5.75 Å². The third-order valence-electron chi connectivity index (χ3n) is 5.45. The van der Waals surface area contributed by atoms with Gasteiger partial charge in [-0.1, -0.05) is 18.2 Å². The van der Waals surface area contributed by atoms with Gasteiger partial charge in [-0.25, -0.2) is 0 Å². The fourth-order valence-corrected chi connectivity index (χ4v) is 3.99. The van der Waals surface area contributed by atoms with Crippen molar-refractivity contribution in [2.24, 2.45) is 5.92 Å². The molecule has 1 aliphatic rings. The molecule has 1 atom stereocenters. The zero-order chi connectivity index (χ0) is 23.1. The number of carbonyl (C=O) groups excluding carboxylic acids is 1. The average Bonchev–Trinajstić information content (AvgIpc) is 2.79. The molecule has 0 saturated heterocycles. The van der Waals surface area contributed by atoms with Crippen LogP contribution in [0.4, 0.5) is 0 Å². The van der Waals surface area contributed by atoms with Crippen LogP contribution < -0.4 is 18.9 Å². The van der Waals surface area contributed by atoms with Gasteiger partial charge >= 0.3 is 0 Å². The SMILES string of the molecule is CCOc1cc(C(=O)N(CC2COc3ccccc3C2)C(C)C)cc(OCC)c1OCC. The van der Waals surface area contributed by atoms with E-state index < -0.39 is 0 Å². The lowest BCUT2D eigenvalue weighted by Gasteiger charge is -2.33. The summed E-state index contributed by atoms with van der Waals surface area (Å²) >= 11 is 0. The Kier molecular flexibility index (Phi) is 8.26. The summed E-state index contributed by atoms with van der Waals surface area (Å²) < 4.78 is 23.3. The van der Waals surface area contributed by atoms with Crippen LogP contribution in [0.25, 0.3) is 0 Å². The maximum atomic E-state index is 13.6. The van der Waals surface area contributed by atoms with E-state index in [1.54, 1.807) is 12.1 Å². The van der Waals surface area contributed by atoms with Gasteiger partial charge in [0, 0.05) is 24.1 Å². The van der Waals surface area contributed by atoms with Crippen molar-refractivity contribution in [2.75, 3.05) is 33.0 Å². The van der Waals surface area contributed by atoms with E-state index >= 15 is 0 Å². The molecule has 6 nitrogen and oxygen atoms in total. The molecule has 3 rings (SSSR count). The Morgan fingerprint density at radius 3 is 2.25 bits per heavy atom. The number of carbonyl (C=O) groups is 1. The summed E-state index contributed by atoms with van der Waals surface area (Å²) in [6.07, 6.45) is 0.893. The molecule has 0 aromatic heterocycles. The Hall–Kier alpha value is -2.89. The summed E-state index contributed by atoms with van der Waals surface area (Å²) in [5.74, 6) is 2.73. The van der Waals surface area contributed by atoms with Crippen molar-refractivity contribution >= 4 is 5.91 Å². The van der Waals surface area contributed by atoms with E-state index in [0.29, 0.717) is 55.8 Å². The second-order valence-electron chi connectivity index (χ2n) is 8.14. The highest BCUT2D eigenvalue weighted by Gasteiger charge is 2.28. The Labute approximate surface area is 191 Å². The maximum Gasteiger partial charge on any atom is 0.254 e. The number of nitrogens with zero attached hydrogens (tertiary/aromatic N) is 1. The highest BCUT2D eigenvalue weighted by molar-refractivity contribution is 5.96. The molecule has 32 heavy (non-hydrogen) atoms. The zero-order valence-corrected chi connectivity index (χ0v) is 19.8. The molecule has 6 heteroatoms. The van der Waals surface area contributed by atoms with Crippen LogP contribution in [0.3, 0.4) is 0 Å². The van der Waals surface area contributed by atoms with Gasteiger partial charge < -0.3 is 23.8 Å². The van der Waals surface area contributed by atoms with Crippen LogP contribution in [0.5, 0.6) is 23.0 Å². The first-order chi connectivity index (χ1) is 15.5. The van der Waals surface area contributed by atoms with Crippen molar-refractivity contribution < 1.29 is 23.7 Å². The zero-order valence-electron chi connectivity index (χ0n) is 19.8. The van der Waals surface area contributed by atoms with Crippen LogP contribution in [-0.4, -0.2) is 49.8 Å². The first-order valence-corrected chi connectivity index (χ1v) is 11.6. The summed E-state index contributed by atoms with van der Waals surface area (Å²) in [5, 5.41) is 0. The van der Waals surface area contributed by atoms with Crippen molar-refractivity contribution in [3.8, 4) is 23.0 Å². The van der Waals surface area contributed by atoms with Crippen LogP contribution >= 0.6 is 0 Å². The lowest BCUT2D eigenvalue weighted by atomic mass is 9.95. The average molecular weight is 442 g/mol. The van der Waals surface area contributed by atoms with Crippen LogP contribution in [0, 0.1) is 5.92 Å². The third-order valence-corrected chi connectivity index (χ3v) is 5.45. The molecule has 1 heterocycles. The van der Waals surface area contributed by atoms with Crippen LogP contribution in [0.2, 0.25) is 0 Å². The molecule has 0 radical (unpaired) electrons. The fourth-order valence-electron chi connectivity index (χ4n) is 3.99. The Morgan fingerprint density at radius 1 is 1.03 bits per heavy atom. The minimum absolute atomic E-state index is 0.0392. The number of amides is 1. The van der Waals surface area contributed by atoms with Crippen molar-refractivity contribution in [3.63, 3.8) is 0 Å². The second-order valence-corrected chi connectivity index (χ2v) is 8.14. The fraction of sp³-hybridized carbons (Fsp3) is 0.500. The van der Waals surface area contributed by atoms with E-state index in [9.17, 15) is 4.79 Å². The normalized spacial score (nSPS) is 15.0. The lowest BCUT2D eigenvalue weighted by molar-refractivity contribution is 0.0635. The quantitative estimate of drug-likeness (QED) is 0.520. The predicted octanol–water partition coefficient (Wildman–Crippen LogP) is 4.98. The number of ether oxygens (including phenoxy) is 4. The van der Waals surface area contributed by atoms with Crippen LogP contribution in [0.1, 0.15) is 50.5 Å². The number of para-hydroxylation sites is 1. The van der Waals surface area contributed by atoms with Gasteiger partial charge in [0.2, 0.25) is 5.75 Å². The van der Waals surface area contributed by atoms with Gasteiger partial charge in [-0.2, -0.15) is 0 Å². The Bertz CT molecular complexity index is 884. The van der Waals surface area contributed by atoms with Crippen molar-refractivity contribution in [3.05, 3.63) is 47.5 Å². The minimum atomic E-state index is -0.0520. The summed E-state index contributed by atoms with van der Waals surface area (Å²) in [5.41, 5.74) is 1.73. The van der Waals surface area contributed by atoms with E-state index in [0.717, 1.165) is 12.2 Å². The third kappa shape index (κ3) is 5.47. The monoisotopic (exact) mass is 441 g/mol. The van der Waals surface area contributed by atoms with E-state index in [1.807, 2.05) is 57.7 Å². The Morgan fingerprint density at radius 2 is 1.66 bits per heavy atom. The molecular weight excluding hydrogens is 406 g/mol. The number of fused-ring (bicyclic) bond motifs is 1. The van der Waals surface area contributed by atoms with Crippen LogP contribution in [-0.2, 0) is 6.42 Å². The van der Waals surface area contributed by atoms with Gasteiger partial charge in [0.05, 0.1) is 26.4 Å². The smallest absolute Gasteiger partial charge is 0.254 e. The van der Waals surface area contributed by atoms with E-state index in [2.05, 4.69) is 6.07 Å². The second kappa shape index (κ2) is 11.1. The minimum Gasteiger partial charge on any atom is -0.493 e. The highest BCUT2D eigenvalue weighted by atomic mass is 16.5. The molecule has 0 aliphatic carbocycles. The molecule has 0 N–H and O–H groups in total. The number of benzene rings is 2. The van der Waals surface area contributed by atoms with Gasteiger partial charge in [-0.15, -0.1) is 0 Å². The van der Waals surface area contributed by atoms with Gasteiger partial charge in [0.25, 0.3) is 5.91 Å². The number of rotatable bonds is 10. The summed E-state index contributed by atoms with van der Waals surface area (Å²) in [4.78, 5) is 15.5. The standard InChI is InChI=1S/C26H35NO5/c1-6-29-23-14-21(15-24(30-7-2)25(23)31-8-3)26(28)27(18(4)5)16-19-13-20-11-9-10-12-22(20)32-17-19/h9-12,14-15,18-19H,6-8,13,16-17H2,1-5H3. The lowest BCUT2D eigenvalue weighted by Crippen LogP contribution is -2.43. The van der Waals surface area contributed by atoms with Crippen molar-refractivity contribution in [2.45, 2.75) is 47.1 Å². The molecule has 174 valence electrons. The molecule has 1 unspecified atom stereocenters. The van der Waals surface area contributed by atoms with Crippen LogP contribution in [0.15, 0.2) is 36.4 Å². The summed E-state index contributed by atoms with van der Waals surface area (Å²) in [6, 6.07) is 11.7. The first-order valence-electron chi connectivity index (χ1n) is 11.6. The largest absolute Gasteiger partial charge is 0.493 e. The maximum absolute atomic E-state index is 13.6. The van der Waals surface area contributed by atoms with Gasteiger partial charge in [-0.05, 0) is 64.8 Å². The summed E-state index contributed by atoms with van der Waals surface area (Å²) in [6.45, 7) is 12.4. The van der Waals surface area contributed by atoms with E-state index in [1.165, 1.54) is 5.56 Å². The summed E-state index contributed by atoms with van der Waals surface area (Å²) in [7, 11) is 0. The molecule has 1 amide bonds. The van der Waals surface area contributed by atoms with Gasteiger partial charge in [-0.3, -0.25) is 4.79 Å². The number of hydrogen-bond donors (Lipinski definition) is 0. The van der Waals surface area contributed by atoms with E-state index in [-0.39, 0.29) is 17.9 Å². The number of hydrogen-bond acceptors (Lipinski definition) is 5. The van der Waals surface area contributed by atoms with Crippen molar-refractivity contribution in [1.82, 2.24) is 4.90 Å².